The number of nitrogens with zero attached hydrogens (tertiary/aromatic N) is 2. The minimum absolute atomic E-state index is 0. The Bertz CT molecular complexity index is 470. The van der Waals surface area contributed by atoms with Gasteiger partial charge in [-0.1, -0.05) is 12.1 Å². The van der Waals surface area contributed by atoms with E-state index in [-0.39, 0.29) is 28.2 Å². The van der Waals surface area contributed by atoms with Crippen LogP contribution in [0.2, 0.25) is 0 Å². The van der Waals surface area contributed by atoms with E-state index in [1.165, 1.54) is 24.5 Å². The number of aromatic nitrogens is 2. The zero-order chi connectivity index (χ0) is 13.4. The minimum atomic E-state index is -0.990. The molecule has 0 aliphatic carbocycles. The Morgan fingerprint density at radius 2 is 1.16 bits per heavy atom. The molecule has 2 rings (SSSR count). The van der Waals surface area contributed by atoms with Crippen molar-refractivity contribution in [2.75, 3.05) is 0 Å². The van der Waals surface area contributed by atoms with Crippen LogP contribution in [0.3, 0.4) is 0 Å². The van der Waals surface area contributed by atoms with Crippen molar-refractivity contribution >= 4 is 11.9 Å². The Labute approximate surface area is 119 Å². The quantitative estimate of drug-likeness (QED) is 0.873. The predicted octanol–water partition coefficient (Wildman–Crippen LogP) is 1.56. The van der Waals surface area contributed by atoms with E-state index in [1.807, 2.05) is 0 Å². The molecule has 6 nitrogen and oxygen atoms in total. The first-order chi connectivity index (χ1) is 8.61. The fraction of sp³-hybridized carbons (Fsp3) is 0. The van der Waals surface area contributed by atoms with E-state index in [1.54, 1.807) is 24.3 Å². The van der Waals surface area contributed by atoms with Crippen molar-refractivity contribution < 1.29 is 36.6 Å². The number of hydrogen-bond donors (Lipinski definition) is 2. The molecule has 2 N–H and O–H groups in total. The summed E-state index contributed by atoms with van der Waals surface area (Å²) in [4.78, 5) is 27.4. The van der Waals surface area contributed by atoms with Crippen molar-refractivity contribution in [2.45, 2.75) is 0 Å². The van der Waals surface area contributed by atoms with E-state index in [2.05, 4.69) is 9.97 Å². The van der Waals surface area contributed by atoms with Gasteiger partial charge >= 0.3 is 11.9 Å². The molecule has 19 heavy (non-hydrogen) atoms. The van der Waals surface area contributed by atoms with Gasteiger partial charge < -0.3 is 10.2 Å². The third-order valence-corrected chi connectivity index (χ3v) is 1.77. The molecule has 2 aromatic rings. The van der Waals surface area contributed by atoms with Gasteiger partial charge in [0.05, 0.1) is 0 Å². The number of rotatable bonds is 2. The number of carboxylic acid groups (broad SMARTS) is 2. The van der Waals surface area contributed by atoms with Gasteiger partial charge in [0.25, 0.3) is 0 Å². The first-order valence-corrected chi connectivity index (χ1v) is 4.90. The Hall–Kier alpha value is -2.25. The van der Waals surface area contributed by atoms with Crippen LogP contribution in [0.15, 0.2) is 48.8 Å². The molecule has 0 amide bonds. The molecular formula is C12H10CoN2O4. The smallest absolute Gasteiger partial charge is 0.354 e. The maximum absolute atomic E-state index is 10.1. The van der Waals surface area contributed by atoms with Gasteiger partial charge in [-0.3, -0.25) is 0 Å². The molecule has 101 valence electrons. The maximum Gasteiger partial charge on any atom is 0.354 e. The molecule has 0 unspecified atom stereocenters. The SMILES string of the molecule is O=C(O)c1ccccn1.O=C(O)c1ccccn1.[Co]. The molecule has 0 aliphatic heterocycles. The van der Waals surface area contributed by atoms with Gasteiger partial charge in [0, 0.05) is 29.2 Å². The molecule has 0 saturated heterocycles. The fourth-order valence-corrected chi connectivity index (χ4v) is 0.979. The van der Waals surface area contributed by atoms with Gasteiger partial charge in [-0.25, -0.2) is 19.6 Å². The Morgan fingerprint density at radius 3 is 1.32 bits per heavy atom. The van der Waals surface area contributed by atoms with E-state index in [4.69, 9.17) is 10.2 Å². The first kappa shape index (κ1) is 16.7. The van der Waals surface area contributed by atoms with E-state index in [9.17, 15) is 9.59 Å². The summed E-state index contributed by atoms with van der Waals surface area (Å²) in [7, 11) is 0. The van der Waals surface area contributed by atoms with E-state index in [0.717, 1.165) is 0 Å². The van der Waals surface area contributed by atoms with Gasteiger partial charge in [0.2, 0.25) is 0 Å². The Kier molecular flexibility index (Phi) is 7.74. The van der Waals surface area contributed by atoms with Crippen molar-refractivity contribution in [3.63, 3.8) is 0 Å². The summed E-state index contributed by atoms with van der Waals surface area (Å²) in [6.45, 7) is 0. The molecule has 1 radical (unpaired) electrons. The van der Waals surface area contributed by atoms with Crippen molar-refractivity contribution in [3.8, 4) is 0 Å². The molecule has 0 atom stereocenters. The van der Waals surface area contributed by atoms with Gasteiger partial charge in [0.15, 0.2) is 0 Å². The molecule has 0 aliphatic rings. The van der Waals surface area contributed by atoms with Gasteiger partial charge in [-0.05, 0) is 24.3 Å². The van der Waals surface area contributed by atoms with E-state index >= 15 is 0 Å². The number of aromatic carboxylic acids is 2. The summed E-state index contributed by atoms with van der Waals surface area (Å²) in [6, 6.07) is 9.51. The van der Waals surface area contributed by atoms with Crippen molar-refractivity contribution in [3.05, 3.63) is 60.2 Å². The molecule has 0 spiro atoms. The third kappa shape index (κ3) is 6.29. The summed E-state index contributed by atoms with van der Waals surface area (Å²) in [5.74, 6) is -1.98. The summed E-state index contributed by atoms with van der Waals surface area (Å²) < 4.78 is 0. The van der Waals surface area contributed by atoms with E-state index in [0.29, 0.717) is 0 Å². The predicted molar refractivity (Wildman–Crippen MR) is 62.4 cm³/mol. The first-order valence-electron chi connectivity index (χ1n) is 4.90. The molecular weight excluding hydrogens is 295 g/mol. The maximum atomic E-state index is 10.1. The average Bonchev–Trinajstić information content (AvgIpc) is 2.41. The van der Waals surface area contributed by atoms with Crippen molar-refractivity contribution in [2.24, 2.45) is 0 Å². The number of carboxylic acids is 2. The van der Waals surface area contributed by atoms with Crippen LogP contribution in [0.4, 0.5) is 0 Å². The van der Waals surface area contributed by atoms with Gasteiger partial charge in [-0.15, -0.1) is 0 Å². The number of hydrogen-bond acceptors (Lipinski definition) is 4. The molecule has 7 heteroatoms. The second kappa shape index (κ2) is 8.78. The van der Waals surface area contributed by atoms with Crippen LogP contribution < -0.4 is 0 Å². The molecule has 0 fully saturated rings. The number of pyridine rings is 2. The summed E-state index contributed by atoms with van der Waals surface area (Å²) in [5, 5.41) is 16.6. The van der Waals surface area contributed by atoms with Gasteiger partial charge in [-0.2, -0.15) is 0 Å². The Morgan fingerprint density at radius 1 is 0.789 bits per heavy atom. The summed E-state index contributed by atoms with van der Waals surface area (Å²) in [5.41, 5.74) is 0.162. The summed E-state index contributed by atoms with van der Waals surface area (Å²) >= 11 is 0. The van der Waals surface area contributed by atoms with Crippen LogP contribution >= 0.6 is 0 Å². The third-order valence-electron chi connectivity index (χ3n) is 1.77. The molecule has 0 saturated carbocycles. The minimum Gasteiger partial charge on any atom is -0.477 e. The van der Waals surface area contributed by atoms with Crippen LogP contribution in [0.5, 0.6) is 0 Å². The molecule has 0 aromatic carbocycles. The van der Waals surface area contributed by atoms with Crippen LogP contribution in [0.1, 0.15) is 21.0 Å². The second-order valence-corrected chi connectivity index (χ2v) is 3.04. The number of carbonyl (C=O) groups is 2. The van der Waals surface area contributed by atoms with Crippen LogP contribution in [-0.2, 0) is 16.8 Å². The van der Waals surface area contributed by atoms with Gasteiger partial charge in [0.1, 0.15) is 11.4 Å². The van der Waals surface area contributed by atoms with Crippen molar-refractivity contribution in [1.29, 1.82) is 0 Å². The van der Waals surface area contributed by atoms with Crippen molar-refractivity contribution in [1.82, 2.24) is 9.97 Å². The molecule has 2 aromatic heterocycles. The largest absolute Gasteiger partial charge is 0.477 e. The molecule has 0 bridgehead atoms. The van der Waals surface area contributed by atoms with E-state index < -0.39 is 11.9 Å². The van der Waals surface area contributed by atoms with Crippen LogP contribution in [0, 0.1) is 0 Å². The average molecular weight is 305 g/mol. The van der Waals surface area contributed by atoms with Crippen LogP contribution in [-0.4, -0.2) is 32.1 Å². The fourth-order valence-electron chi connectivity index (χ4n) is 0.979. The zero-order valence-electron chi connectivity index (χ0n) is 9.56. The monoisotopic (exact) mass is 305 g/mol. The second-order valence-electron chi connectivity index (χ2n) is 3.04. The molecule has 2 heterocycles. The van der Waals surface area contributed by atoms with Crippen LogP contribution in [0.25, 0.3) is 0 Å². The summed E-state index contributed by atoms with van der Waals surface area (Å²) in [6.07, 6.45) is 2.90. The Balaban J connectivity index is 0.000000324. The topological polar surface area (TPSA) is 100 Å². The standard InChI is InChI=1S/2C6H5NO2.Co/c2*8-6(9)5-3-1-2-4-7-5;/h2*1-4H,(H,8,9);. The normalized spacial score (nSPS) is 8.42. The zero-order valence-corrected chi connectivity index (χ0v) is 10.6.